The lowest BCUT2D eigenvalue weighted by atomic mass is 10.00. The molecule has 1 saturated heterocycles. The highest BCUT2D eigenvalue weighted by Gasteiger charge is 2.30. The monoisotopic (exact) mass is 403 g/mol. The molecule has 0 atom stereocenters. The number of anilines is 1. The molecule has 2 aromatic carbocycles. The second kappa shape index (κ2) is 9.18. The van der Waals surface area contributed by atoms with Gasteiger partial charge in [-0.2, -0.15) is 0 Å². The van der Waals surface area contributed by atoms with E-state index >= 15 is 0 Å². The van der Waals surface area contributed by atoms with E-state index in [0.29, 0.717) is 16.8 Å². The minimum Gasteiger partial charge on any atom is -0.305 e. The number of rotatable bonds is 5. The van der Waals surface area contributed by atoms with E-state index in [1.807, 2.05) is 60.8 Å². The van der Waals surface area contributed by atoms with Crippen LogP contribution >= 0.6 is 0 Å². The van der Waals surface area contributed by atoms with Gasteiger partial charge in [-0.1, -0.05) is 30.3 Å². The lowest BCUT2D eigenvalue weighted by Crippen LogP contribution is -2.47. The molecule has 0 N–H and O–H groups in total. The van der Waals surface area contributed by atoms with E-state index in [4.69, 9.17) is 0 Å². The average Bonchev–Trinajstić information content (AvgIpc) is 2.79. The topological polar surface area (TPSA) is 36.4 Å². The van der Waals surface area contributed by atoms with Gasteiger partial charge in [-0.05, 0) is 61.7 Å². The van der Waals surface area contributed by atoms with Crippen molar-refractivity contribution in [2.75, 3.05) is 18.0 Å². The zero-order valence-corrected chi connectivity index (χ0v) is 17.2. The summed E-state index contributed by atoms with van der Waals surface area (Å²) in [6.45, 7) is 4.28. The Kier molecular flexibility index (Phi) is 6.19. The number of carbonyl (C=O) groups excluding carboxylic acids is 1. The van der Waals surface area contributed by atoms with E-state index < -0.39 is 0 Å². The molecule has 0 unspecified atom stereocenters. The SMILES string of the molecule is Cc1ccc(N(C(=O)c2ccccc2)C2CCN(Cc3ccccn3)CC2)cc1F. The Morgan fingerprint density at radius 3 is 2.47 bits per heavy atom. The van der Waals surface area contributed by atoms with Crippen LogP contribution in [0.2, 0.25) is 0 Å². The van der Waals surface area contributed by atoms with Crippen LogP contribution in [0.5, 0.6) is 0 Å². The highest BCUT2D eigenvalue weighted by molar-refractivity contribution is 6.06. The standard InChI is InChI=1S/C25H26FN3O/c1-19-10-11-23(17-24(19)26)29(25(30)20-7-3-2-4-8-20)22-12-15-28(16-13-22)18-21-9-5-6-14-27-21/h2-11,14,17,22H,12-13,15-16,18H2,1H3. The Hall–Kier alpha value is -3.05. The van der Waals surface area contributed by atoms with Crippen molar-refractivity contribution >= 4 is 11.6 Å². The Balaban J connectivity index is 1.54. The molecular weight excluding hydrogens is 377 g/mol. The quantitative estimate of drug-likeness (QED) is 0.612. The van der Waals surface area contributed by atoms with Crippen molar-refractivity contribution in [2.45, 2.75) is 32.4 Å². The second-order valence-corrected chi connectivity index (χ2v) is 7.80. The third-order valence-electron chi connectivity index (χ3n) is 5.71. The molecule has 4 nitrogen and oxygen atoms in total. The fraction of sp³-hybridized carbons (Fsp3) is 0.280. The molecule has 0 saturated carbocycles. The van der Waals surface area contributed by atoms with E-state index in [0.717, 1.165) is 38.2 Å². The summed E-state index contributed by atoms with van der Waals surface area (Å²) in [6.07, 6.45) is 3.48. The van der Waals surface area contributed by atoms with Crippen LogP contribution in [0, 0.1) is 12.7 Å². The fourth-order valence-corrected chi connectivity index (χ4v) is 4.00. The number of hydrogen-bond acceptors (Lipinski definition) is 3. The normalized spacial score (nSPS) is 15.1. The summed E-state index contributed by atoms with van der Waals surface area (Å²) < 4.78 is 14.3. The molecule has 30 heavy (non-hydrogen) atoms. The van der Waals surface area contributed by atoms with Crippen molar-refractivity contribution in [2.24, 2.45) is 0 Å². The zero-order chi connectivity index (χ0) is 20.9. The van der Waals surface area contributed by atoms with Crippen LogP contribution in [-0.4, -0.2) is 34.9 Å². The third-order valence-corrected chi connectivity index (χ3v) is 5.71. The Morgan fingerprint density at radius 1 is 1.07 bits per heavy atom. The molecule has 5 heteroatoms. The van der Waals surface area contributed by atoms with Gasteiger partial charge in [-0.25, -0.2) is 4.39 Å². The first-order chi connectivity index (χ1) is 14.6. The minimum absolute atomic E-state index is 0.0276. The number of aromatic nitrogens is 1. The first-order valence-electron chi connectivity index (χ1n) is 10.4. The van der Waals surface area contributed by atoms with Crippen molar-refractivity contribution in [3.8, 4) is 0 Å². The van der Waals surface area contributed by atoms with Gasteiger partial charge in [0.05, 0.1) is 5.69 Å². The van der Waals surface area contributed by atoms with Gasteiger partial charge in [0.15, 0.2) is 0 Å². The van der Waals surface area contributed by atoms with Crippen molar-refractivity contribution in [3.63, 3.8) is 0 Å². The molecule has 154 valence electrons. The molecule has 3 aromatic rings. The molecule has 0 spiro atoms. The van der Waals surface area contributed by atoms with Crippen LogP contribution in [0.15, 0.2) is 72.9 Å². The highest BCUT2D eigenvalue weighted by atomic mass is 19.1. The summed E-state index contributed by atoms with van der Waals surface area (Å²) in [7, 11) is 0. The molecule has 1 aromatic heterocycles. The van der Waals surface area contributed by atoms with Gasteiger partial charge in [-0.15, -0.1) is 0 Å². The molecule has 4 rings (SSSR count). The molecule has 0 aliphatic carbocycles. The maximum Gasteiger partial charge on any atom is 0.258 e. The van der Waals surface area contributed by atoms with Gasteiger partial charge < -0.3 is 4.90 Å². The zero-order valence-electron chi connectivity index (χ0n) is 17.2. The maximum absolute atomic E-state index is 14.3. The van der Waals surface area contributed by atoms with E-state index in [-0.39, 0.29) is 17.8 Å². The van der Waals surface area contributed by atoms with Gasteiger partial charge >= 0.3 is 0 Å². The van der Waals surface area contributed by atoms with Crippen LogP contribution in [-0.2, 0) is 6.54 Å². The molecule has 0 radical (unpaired) electrons. The van der Waals surface area contributed by atoms with Crippen LogP contribution in [0.25, 0.3) is 0 Å². The molecule has 1 aliphatic rings. The summed E-state index contributed by atoms with van der Waals surface area (Å²) >= 11 is 0. The predicted octanol–water partition coefficient (Wildman–Crippen LogP) is 4.84. The Labute approximate surface area is 177 Å². The average molecular weight is 404 g/mol. The first-order valence-corrected chi connectivity index (χ1v) is 10.4. The van der Waals surface area contributed by atoms with Crippen LogP contribution in [0.3, 0.4) is 0 Å². The van der Waals surface area contributed by atoms with Gasteiger partial charge in [0.1, 0.15) is 5.82 Å². The molecule has 1 amide bonds. The largest absolute Gasteiger partial charge is 0.305 e. The van der Waals surface area contributed by atoms with Crippen molar-refractivity contribution in [3.05, 3.63) is 95.6 Å². The van der Waals surface area contributed by atoms with Gasteiger partial charge in [0, 0.05) is 43.1 Å². The molecule has 2 heterocycles. The first kappa shape index (κ1) is 20.2. The molecule has 1 aliphatic heterocycles. The lowest BCUT2D eigenvalue weighted by molar-refractivity contribution is 0.0958. The highest BCUT2D eigenvalue weighted by Crippen LogP contribution is 2.28. The van der Waals surface area contributed by atoms with Crippen molar-refractivity contribution in [1.82, 2.24) is 9.88 Å². The number of piperidine rings is 1. The third kappa shape index (κ3) is 4.57. The van der Waals surface area contributed by atoms with Gasteiger partial charge in [0.2, 0.25) is 0 Å². The number of nitrogens with zero attached hydrogens (tertiary/aromatic N) is 3. The molecule has 1 fully saturated rings. The van der Waals surface area contributed by atoms with Crippen LogP contribution < -0.4 is 4.90 Å². The number of aryl methyl sites for hydroxylation is 1. The minimum atomic E-state index is -0.286. The molecule has 0 bridgehead atoms. The maximum atomic E-state index is 14.3. The second-order valence-electron chi connectivity index (χ2n) is 7.80. The molecular formula is C25H26FN3O. The predicted molar refractivity (Wildman–Crippen MR) is 117 cm³/mol. The number of carbonyl (C=O) groups is 1. The van der Waals surface area contributed by atoms with Crippen molar-refractivity contribution < 1.29 is 9.18 Å². The van der Waals surface area contributed by atoms with Gasteiger partial charge in [-0.3, -0.25) is 14.7 Å². The number of hydrogen-bond donors (Lipinski definition) is 0. The Bertz CT molecular complexity index is 986. The number of pyridine rings is 1. The Morgan fingerprint density at radius 2 is 1.80 bits per heavy atom. The van der Waals surface area contributed by atoms with E-state index in [1.165, 1.54) is 6.07 Å². The smallest absolute Gasteiger partial charge is 0.258 e. The lowest BCUT2D eigenvalue weighted by Gasteiger charge is -2.38. The fourth-order valence-electron chi connectivity index (χ4n) is 4.00. The number of amides is 1. The number of benzene rings is 2. The van der Waals surface area contributed by atoms with E-state index in [1.54, 1.807) is 17.9 Å². The number of halogens is 1. The van der Waals surface area contributed by atoms with Crippen LogP contribution in [0.1, 0.15) is 34.5 Å². The summed E-state index contributed by atoms with van der Waals surface area (Å²) in [4.78, 5) is 22.0. The number of likely N-dealkylation sites (tertiary alicyclic amines) is 1. The van der Waals surface area contributed by atoms with E-state index in [9.17, 15) is 9.18 Å². The summed E-state index contributed by atoms with van der Waals surface area (Å²) in [6, 6.07) is 20.3. The summed E-state index contributed by atoms with van der Waals surface area (Å²) in [5, 5.41) is 0. The summed E-state index contributed by atoms with van der Waals surface area (Å²) in [5.74, 6) is -0.368. The van der Waals surface area contributed by atoms with Gasteiger partial charge in [0.25, 0.3) is 5.91 Å². The van der Waals surface area contributed by atoms with Crippen LogP contribution in [0.4, 0.5) is 10.1 Å². The van der Waals surface area contributed by atoms with E-state index in [2.05, 4.69) is 9.88 Å². The van der Waals surface area contributed by atoms with Crippen molar-refractivity contribution in [1.29, 1.82) is 0 Å². The summed E-state index contributed by atoms with van der Waals surface area (Å²) in [5.41, 5.74) is 2.87.